The van der Waals surface area contributed by atoms with Crippen molar-refractivity contribution in [3.05, 3.63) is 0 Å². The normalized spacial score (nSPS) is 25.6. The minimum absolute atomic E-state index is 0.0824. The topological polar surface area (TPSA) is 64.3 Å². The lowest BCUT2D eigenvalue weighted by Gasteiger charge is -2.26. The molecule has 2 unspecified atom stereocenters. The van der Waals surface area contributed by atoms with Crippen LogP contribution in [0.2, 0.25) is 0 Å². The highest BCUT2D eigenvalue weighted by Gasteiger charge is 2.20. The molecule has 1 amide bonds. The van der Waals surface area contributed by atoms with Crippen LogP contribution >= 0.6 is 0 Å². The number of rotatable bonds is 4. The Balaban J connectivity index is 2.13. The van der Waals surface area contributed by atoms with Crippen molar-refractivity contribution < 1.29 is 9.53 Å². The van der Waals surface area contributed by atoms with Gasteiger partial charge in [0.05, 0.1) is 12.6 Å². The van der Waals surface area contributed by atoms with Crippen LogP contribution in [0.1, 0.15) is 25.7 Å². The Morgan fingerprint density at radius 3 is 3.07 bits per heavy atom. The number of carbonyl (C=O) groups is 1. The number of amides is 1. The van der Waals surface area contributed by atoms with Gasteiger partial charge in [0.1, 0.15) is 6.61 Å². The molecule has 0 saturated heterocycles. The number of nitrogens with two attached hydrogens (primary N) is 1. The van der Waals surface area contributed by atoms with Gasteiger partial charge in [-0.05, 0) is 25.7 Å². The fraction of sp³-hybridized carbons (Fsp3) is 0.727. The van der Waals surface area contributed by atoms with Crippen LogP contribution in [0.3, 0.4) is 0 Å². The molecular weight excluding hydrogens is 192 g/mol. The molecular formula is C11H18N2O2. The van der Waals surface area contributed by atoms with Gasteiger partial charge in [-0.1, -0.05) is 5.92 Å². The fourth-order valence-corrected chi connectivity index (χ4v) is 1.73. The Morgan fingerprint density at radius 1 is 1.60 bits per heavy atom. The number of terminal acetylenes is 1. The molecule has 1 saturated carbocycles. The number of hydrogen-bond acceptors (Lipinski definition) is 3. The SMILES string of the molecule is C#CCNC(=O)COC1CCCC(N)C1. The molecule has 3 N–H and O–H groups in total. The zero-order valence-electron chi connectivity index (χ0n) is 8.87. The quantitative estimate of drug-likeness (QED) is 0.643. The molecule has 0 aromatic carbocycles. The second-order valence-electron chi connectivity index (χ2n) is 3.84. The summed E-state index contributed by atoms with van der Waals surface area (Å²) in [7, 11) is 0. The van der Waals surface area contributed by atoms with Crippen molar-refractivity contribution in [3.8, 4) is 12.3 Å². The van der Waals surface area contributed by atoms with Gasteiger partial charge in [-0.15, -0.1) is 6.42 Å². The highest BCUT2D eigenvalue weighted by atomic mass is 16.5. The summed E-state index contributed by atoms with van der Waals surface area (Å²) in [4.78, 5) is 11.2. The summed E-state index contributed by atoms with van der Waals surface area (Å²) in [5, 5.41) is 2.55. The lowest BCUT2D eigenvalue weighted by molar-refractivity contribution is -0.128. The van der Waals surface area contributed by atoms with Crippen molar-refractivity contribution in [1.29, 1.82) is 0 Å². The summed E-state index contributed by atoms with van der Waals surface area (Å²) in [6.45, 7) is 0.339. The van der Waals surface area contributed by atoms with E-state index < -0.39 is 0 Å². The average Bonchev–Trinajstić information content (AvgIpc) is 2.23. The van der Waals surface area contributed by atoms with Gasteiger partial charge in [-0.3, -0.25) is 4.79 Å². The van der Waals surface area contributed by atoms with Crippen molar-refractivity contribution in [2.45, 2.75) is 37.8 Å². The molecule has 1 fully saturated rings. The number of nitrogens with one attached hydrogen (secondary N) is 1. The minimum atomic E-state index is -0.160. The van der Waals surface area contributed by atoms with E-state index in [9.17, 15) is 4.79 Å². The maximum Gasteiger partial charge on any atom is 0.246 e. The van der Waals surface area contributed by atoms with Crippen LogP contribution < -0.4 is 11.1 Å². The Kier molecular flexibility index (Phi) is 5.16. The minimum Gasteiger partial charge on any atom is -0.368 e. The molecule has 0 aliphatic heterocycles. The van der Waals surface area contributed by atoms with Gasteiger partial charge in [-0.2, -0.15) is 0 Å². The average molecular weight is 210 g/mol. The molecule has 1 aliphatic rings. The largest absolute Gasteiger partial charge is 0.368 e. The van der Waals surface area contributed by atoms with E-state index in [-0.39, 0.29) is 31.2 Å². The first-order chi connectivity index (χ1) is 7.22. The van der Waals surface area contributed by atoms with Gasteiger partial charge in [0.25, 0.3) is 0 Å². The summed E-state index contributed by atoms with van der Waals surface area (Å²) in [5.41, 5.74) is 5.80. The summed E-state index contributed by atoms with van der Waals surface area (Å²) in [6, 6.07) is 0.220. The van der Waals surface area contributed by atoms with Gasteiger partial charge >= 0.3 is 0 Å². The molecule has 0 heterocycles. The van der Waals surface area contributed by atoms with Crippen LogP contribution in [0.4, 0.5) is 0 Å². The highest BCUT2D eigenvalue weighted by Crippen LogP contribution is 2.19. The Labute approximate surface area is 90.5 Å². The molecule has 4 nitrogen and oxygen atoms in total. The van der Waals surface area contributed by atoms with Crippen LogP contribution in [0.5, 0.6) is 0 Å². The highest BCUT2D eigenvalue weighted by molar-refractivity contribution is 5.77. The lowest BCUT2D eigenvalue weighted by Crippen LogP contribution is -2.35. The van der Waals surface area contributed by atoms with Crippen molar-refractivity contribution in [2.24, 2.45) is 5.73 Å². The van der Waals surface area contributed by atoms with E-state index in [1.54, 1.807) is 0 Å². The maximum atomic E-state index is 11.2. The molecule has 0 aromatic heterocycles. The van der Waals surface area contributed by atoms with Crippen molar-refractivity contribution in [1.82, 2.24) is 5.32 Å². The second kappa shape index (κ2) is 6.44. The predicted octanol–water partition coefficient (Wildman–Crippen LogP) is 0.0223. The van der Waals surface area contributed by atoms with Crippen LogP contribution in [-0.4, -0.2) is 31.2 Å². The number of carbonyl (C=O) groups excluding carboxylic acids is 1. The third kappa shape index (κ3) is 4.82. The first-order valence-electron chi connectivity index (χ1n) is 5.29. The third-order valence-corrected chi connectivity index (χ3v) is 2.50. The van der Waals surface area contributed by atoms with Gasteiger partial charge in [0, 0.05) is 6.04 Å². The zero-order valence-corrected chi connectivity index (χ0v) is 8.87. The molecule has 0 spiro atoms. The maximum absolute atomic E-state index is 11.2. The van der Waals surface area contributed by atoms with Crippen LogP contribution in [-0.2, 0) is 9.53 Å². The van der Waals surface area contributed by atoms with Crippen molar-refractivity contribution in [2.75, 3.05) is 13.2 Å². The van der Waals surface area contributed by atoms with E-state index in [0.717, 1.165) is 25.7 Å². The molecule has 0 radical (unpaired) electrons. The van der Waals surface area contributed by atoms with E-state index in [4.69, 9.17) is 16.9 Å². The van der Waals surface area contributed by atoms with Crippen LogP contribution in [0.25, 0.3) is 0 Å². The van der Waals surface area contributed by atoms with E-state index in [1.807, 2.05) is 0 Å². The fourth-order valence-electron chi connectivity index (χ4n) is 1.73. The molecule has 84 valence electrons. The third-order valence-electron chi connectivity index (χ3n) is 2.50. The Hall–Kier alpha value is -1.05. The van der Waals surface area contributed by atoms with E-state index in [1.165, 1.54) is 0 Å². The number of ether oxygens (including phenoxy) is 1. The molecule has 2 atom stereocenters. The smallest absolute Gasteiger partial charge is 0.246 e. The van der Waals surface area contributed by atoms with Crippen molar-refractivity contribution in [3.63, 3.8) is 0 Å². The summed E-state index contributed by atoms with van der Waals surface area (Å²) in [5.74, 6) is 2.18. The summed E-state index contributed by atoms with van der Waals surface area (Å²) in [6.07, 6.45) is 9.13. The van der Waals surface area contributed by atoms with Crippen LogP contribution in [0, 0.1) is 12.3 Å². The van der Waals surface area contributed by atoms with Crippen LogP contribution in [0.15, 0.2) is 0 Å². The van der Waals surface area contributed by atoms with E-state index in [0.29, 0.717) is 0 Å². The van der Waals surface area contributed by atoms with E-state index >= 15 is 0 Å². The van der Waals surface area contributed by atoms with Gasteiger partial charge in [-0.25, -0.2) is 0 Å². The van der Waals surface area contributed by atoms with E-state index in [2.05, 4.69) is 11.2 Å². The first-order valence-corrected chi connectivity index (χ1v) is 5.29. The van der Waals surface area contributed by atoms with Gasteiger partial charge in [0.15, 0.2) is 0 Å². The molecule has 1 rings (SSSR count). The second-order valence-corrected chi connectivity index (χ2v) is 3.84. The summed E-state index contributed by atoms with van der Waals surface area (Å²) >= 11 is 0. The van der Waals surface area contributed by atoms with Gasteiger partial charge < -0.3 is 15.8 Å². The standard InChI is InChI=1S/C11H18N2O2/c1-2-6-13-11(14)8-15-10-5-3-4-9(12)7-10/h1,9-10H,3-8,12H2,(H,13,14). The van der Waals surface area contributed by atoms with Crippen molar-refractivity contribution >= 4 is 5.91 Å². The molecule has 4 heteroatoms. The first kappa shape index (κ1) is 12.0. The Morgan fingerprint density at radius 2 is 2.40 bits per heavy atom. The molecule has 0 bridgehead atoms. The lowest BCUT2D eigenvalue weighted by atomic mass is 9.94. The number of hydrogen-bond donors (Lipinski definition) is 2. The monoisotopic (exact) mass is 210 g/mol. The Bertz CT molecular complexity index is 247. The van der Waals surface area contributed by atoms with Gasteiger partial charge in [0.2, 0.25) is 5.91 Å². The predicted molar refractivity (Wildman–Crippen MR) is 58.0 cm³/mol. The summed E-state index contributed by atoms with van der Waals surface area (Å²) < 4.78 is 5.45. The zero-order chi connectivity index (χ0) is 11.1. The molecule has 0 aromatic rings. The molecule has 15 heavy (non-hydrogen) atoms. The molecule has 1 aliphatic carbocycles.